The minimum Gasteiger partial charge on any atom is -0.335 e. The quantitative estimate of drug-likeness (QED) is 0.588. The monoisotopic (exact) mass is 290 g/mol. The molecule has 0 fully saturated rings. The average Bonchev–Trinajstić information content (AvgIpc) is 2.38. The summed E-state index contributed by atoms with van der Waals surface area (Å²) in [7, 11) is 0. The van der Waals surface area contributed by atoms with Gasteiger partial charge in [0.25, 0.3) is 5.91 Å². The van der Waals surface area contributed by atoms with Gasteiger partial charge in [0.1, 0.15) is 5.15 Å². The molecule has 0 unspecified atom stereocenters. The van der Waals surface area contributed by atoms with Crippen molar-refractivity contribution < 1.29 is 18.0 Å². The van der Waals surface area contributed by atoms with E-state index in [1.807, 2.05) is 0 Å². The van der Waals surface area contributed by atoms with E-state index in [0.717, 1.165) is 6.08 Å². The van der Waals surface area contributed by atoms with Crippen molar-refractivity contribution in [1.82, 2.24) is 9.88 Å². The van der Waals surface area contributed by atoms with Crippen molar-refractivity contribution in [2.24, 2.45) is 0 Å². The molecule has 1 aliphatic heterocycles. The Balaban J connectivity index is 2.07. The van der Waals surface area contributed by atoms with Crippen LogP contribution in [0.2, 0.25) is 5.15 Å². The Morgan fingerprint density at radius 1 is 1.37 bits per heavy atom. The van der Waals surface area contributed by atoms with Crippen molar-refractivity contribution in [3.63, 3.8) is 0 Å². The summed E-state index contributed by atoms with van der Waals surface area (Å²) in [4.78, 5) is 17.1. The van der Waals surface area contributed by atoms with Gasteiger partial charge >= 0.3 is 6.18 Å². The van der Waals surface area contributed by atoms with E-state index in [1.54, 1.807) is 0 Å². The Morgan fingerprint density at radius 3 is 2.58 bits per heavy atom. The fourth-order valence-electron chi connectivity index (χ4n) is 1.80. The van der Waals surface area contributed by atoms with Crippen LogP contribution < -0.4 is 0 Å². The van der Waals surface area contributed by atoms with E-state index < -0.39 is 11.7 Å². The van der Waals surface area contributed by atoms with Crippen LogP contribution in [0, 0.1) is 0 Å². The summed E-state index contributed by atoms with van der Waals surface area (Å²) in [6.07, 6.45) is -2.13. The van der Waals surface area contributed by atoms with Crippen LogP contribution in [-0.2, 0) is 0 Å². The first-order valence-corrected chi connectivity index (χ1v) is 5.93. The third kappa shape index (κ3) is 3.26. The maximum Gasteiger partial charge on any atom is 0.412 e. The molecule has 2 heterocycles. The normalized spacial score (nSPS) is 16.2. The summed E-state index contributed by atoms with van der Waals surface area (Å²) in [5.41, 5.74) is -0.265. The van der Waals surface area contributed by atoms with Gasteiger partial charge in [0.15, 0.2) is 0 Å². The fourth-order valence-corrected chi connectivity index (χ4v) is 1.91. The highest BCUT2D eigenvalue weighted by Gasteiger charge is 2.35. The minimum absolute atomic E-state index is 0.0453. The van der Waals surface area contributed by atoms with E-state index in [1.165, 1.54) is 23.2 Å². The Morgan fingerprint density at radius 2 is 2.11 bits per heavy atom. The largest absolute Gasteiger partial charge is 0.412 e. The summed E-state index contributed by atoms with van der Waals surface area (Å²) < 4.78 is 37.3. The molecule has 3 nitrogen and oxygen atoms in total. The Labute approximate surface area is 112 Å². The van der Waals surface area contributed by atoms with Crippen molar-refractivity contribution in [2.45, 2.75) is 12.6 Å². The van der Waals surface area contributed by atoms with E-state index in [0.29, 0.717) is 5.56 Å². The second kappa shape index (κ2) is 5.21. The SMILES string of the molecule is O=C(c1ccc(Cl)nc1)N1CC=C(C(F)(F)F)CC1. The zero-order valence-electron chi connectivity index (χ0n) is 9.75. The van der Waals surface area contributed by atoms with E-state index in [4.69, 9.17) is 11.6 Å². The summed E-state index contributed by atoms with van der Waals surface area (Å²) in [6.45, 7) is 0.00308. The predicted molar refractivity (Wildman–Crippen MR) is 63.9 cm³/mol. The van der Waals surface area contributed by atoms with Gasteiger partial charge in [0, 0.05) is 24.9 Å². The molecule has 7 heteroatoms. The molecular formula is C12H10ClF3N2O. The van der Waals surface area contributed by atoms with Crippen LogP contribution in [0.4, 0.5) is 13.2 Å². The number of hydrogen-bond donors (Lipinski definition) is 0. The van der Waals surface area contributed by atoms with Gasteiger partial charge in [-0.25, -0.2) is 4.98 Å². The summed E-state index contributed by atoms with van der Waals surface area (Å²) in [5.74, 6) is -0.346. The summed E-state index contributed by atoms with van der Waals surface area (Å²) in [5, 5.41) is 0.259. The lowest BCUT2D eigenvalue weighted by molar-refractivity contribution is -0.0957. The van der Waals surface area contributed by atoms with Crippen molar-refractivity contribution in [3.8, 4) is 0 Å². The lowest BCUT2D eigenvalue weighted by Gasteiger charge is -2.27. The number of pyridine rings is 1. The number of aromatic nitrogens is 1. The molecule has 0 atom stereocenters. The minimum atomic E-state index is -4.31. The Kier molecular flexibility index (Phi) is 3.80. The van der Waals surface area contributed by atoms with Crippen LogP contribution in [0.1, 0.15) is 16.8 Å². The highest BCUT2D eigenvalue weighted by molar-refractivity contribution is 6.29. The molecule has 0 bridgehead atoms. The maximum atomic E-state index is 12.4. The van der Waals surface area contributed by atoms with Crippen LogP contribution >= 0.6 is 11.6 Å². The topological polar surface area (TPSA) is 33.2 Å². The summed E-state index contributed by atoms with van der Waals surface area (Å²) >= 11 is 5.60. The molecule has 1 aromatic rings. The van der Waals surface area contributed by atoms with Gasteiger partial charge < -0.3 is 4.90 Å². The number of alkyl halides is 3. The molecule has 2 rings (SSSR count). The first-order valence-electron chi connectivity index (χ1n) is 5.55. The fraction of sp³-hybridized carbons (Fsp3) is 0.333. The standard InChI is InChI=1S/C12H10ClF3N2O/c13-10-2-1-8(7-17-10)11(19)18-5-3-9(4-6-18)12(14,15)16/h1-3,7H,4-6H2. The first-order chi connectivity index (χ1) is 8.88. The molecule has 0 saturated carbocycles. The van der Waals surface area contributed by atoms with Crippen LogP contribution in [0.15, 0.2) is 30.0 Å². The Bertz CT molecular complexity index is 511. The van der Waals surface area contributed by atoms with Gasteiger partial charge in [0.2, 0.25) is 0 Å². The zero-order valence-corrected chi connectivity index (χ0v) is 10.5. The second-order valence-electron chi connectivity index (χ2n) is 4.10. The zero-order chi connectivity index (χ0) is 14.0. The van der Waals surface area contributed by atoms with Crippen LogP contribution in [0.3, 0.4) is 0 Å². The van der Waals surface area contributed by atoms with Gasteiger partial charge in [0.05, 0.1) is 5.56 Å². The molecule has 19 heavy (non-hydrogen) atoms. The molecule has 0 radical (unpaired) electrons. The van der Waals surface area contributed by atoms with Gasteiger partial charge in [-0.05, 0) is 18.6 Å². The van der Waals surface area contributed by atoms with E-state index in [2.05, 4.69) is 4.98 Å². The molecule has 0 saturated heterocycles. The predicted octanol–water partition coefficient (Wildman–Crippen LogP) is 3.07. The lowest BCUT2D eigenvalue weighted by atomic mass is 10.1. The van der Waals surface area contributed by atoms with E-state index in [-0.39, 0.29) is 30.6 Å². The van der Waals surface area contributed by atoms with Crippen LogP contribution in [0.25, 0.3) is 0 Å². The number of rotatable bonds is 1. The molecule has 1 amide bonds. The van der Waals surface area contributed by atoms with Crippen molar-refractivity contribution >= 4 is 17.5 Å². The number of carbonyl (C=O) groups is 1. The number of carbonyl (C=O) groups excluding carboxylic acids is 1. The number of nitrogens with zero attached hydrogens (tertiary/aromatic N) is 2. The van der Waals surface area contributed by atoms with E-state index in [9.17, 15) is 18.0 Å². The second-order valence-corrected chi connectivity index (χ2v) is 4.49. The van der Waals surface area contributed by atoms with Gasteiger partial charge in [-0.3, -0.25) is 4.79 Å². The van der Waals surface area contributed by atoms with Gasteiger partial charge in [-0.1, -0.05) is 17.7 Å². The molecule has 0 N–H and O–H groups in total. The molecule has 102 valence electrons. The highest BCUT2D eigenvalue weighted by atomic mass is 35.5. The van der Waals surface area contributed by atoms with Crippen molar-refractivity contribution in [3.05, 3.63) is 40.7 Å². The summed E-state index contributed by atoms with van der Waals surface area (Å²) in [6, 6.07) is 2.97. The number of amides is 1. The van der Waals surface area contributed by atoms with Gasteiger partial charge in [-0.2, -0.15) is 13.2 Å². The number of halogens is 4. The first kappa shape index (κ1) is 13.9. The molecule has 0 aromatic carbocycles. The lowest BCUT2D eigenvalue weighted by Crippen LogP contribution is -2.36. The molecule has 0 spiro atoms. The highest BCUT2D eigenvalue weighted by Crippen LogP contribution is 2.30. The maximum absolute atomic E-state index is 12.4. The smallest absolute Gasteiger partial charge is 0.335 e. The number of hydrogen-bond acceptors (Lipinski definition) is 2. The van der Waals surface area contributed by atoms with Crippen LogP contribution in [0.5, 0.6) is 0 Å². The molecule has 1 aromatic heterocycles. The Hall–Kier alpha value is -1.56. The van der Waals surface area contributed by atoms with Gasteiger partial charge in [-0.15, -0.1) is 0 Å². The molecule has 0 aliphatic carbocycles. The third-order valence-corrected chi connectivity index (χ3v) is 3.06. The average molecular weight is 291 g/mol. The van der Waals surface area contributed by atoms with Crippen molar-refractivity contribution in [1.29, 1.82) is 0 Å². The molecular weight excluding hydrogens is 281 g/mol. The molecule has 1 aliphatic rings. The van der Waals surface area contributed by atoms with E-state index >= 15 is 0 Å². The third-order valence-electron chi connectivity index (χ3n) is 2.83. The van der Waals surface area contributed by atoms with Crippen molar-refractivity contribution in [2.75, 3.05) is 13.1 Å². The van der Waals surface area contributed by atoms with Crippen LogP contribution in [-0.4, -0.2) is 35.1 Å².